The predicted molar refractivity (Wildman–Crippen MR) is 65.9 cm³/mol. The van der Waals surface area contributed by atoms with Gasteiger partial charge in [0.05, 0.1) is 18.9 Å². The first-order chi connectivity index (χ1) is 8.27. The van der Waals surface area contributed by atoms with Crippen LogP contribution in [0, 0.1) is 5.41 Å². The van der Waals surface area contributed by atoms with Crippen molar-refractivity contribution in [1.29, 1.82) is 0 Å². The van der Waals surface area contributed by atoms with Crippen LogP contribution in [-0.4, -0.2) is 35.8 Å². The molecule has 0 unspecified atom stereocenters. The van der Waals surface area contributed by atoms with Crippen molar-refractivity contribution in [2.75, 3.05) is 24.6 Å². The molecule has 4 heteroatoms. The summed E-state index contributed by atoms with van der Waals surface area (Å²) in [6, 6.07) is 0. The zero-order valence-electron chi connectivity index (χ0n) is 10.3. The Kier molecular flexibility index (Phi) is 2.74. The van der Waals surface area contributed by atoms with E-state index in [1.807, 2.05) is 6.20 Å². The fraction of sp³-hybridized carbons (Fsp3) is 0.692. The lowest BCUT2D eigenvalue weighted by Crippen LogP contribution is -2.41. The number of ether oxygens (including phenoxy) is 1. The molecule has 0 saturated carbocycles. The Morgan fingerprint density at radius 1 is 1.35 bits per heavy atom. The summed E-state index contributed by atoms with van der Waals surface area (Å²) in [5.41, 5.74) is 0.443. The molecular weight excluding hydrogens is 214 g/mol. The summed E-state index contributed by atoms with van der Waals surface area (Å²) >= 11 is 0. The van der Waals surface area contributed by atoms with Gasteiger partial charge in [0.2, 0.25) is 0 Å². The number of nitrogens with zero attached hydrogens (tertiary/aromatic N) is 3. The van der Waals surface area contributed by atoms with E-state index in [2.05, 4.69) is 21.8 Å². The summed E-state index contributed by atoms with van der Waals surface area (Å²) in [6.07, 6.45) is 9.44. The third-order valence-electron chi connectivity index (χ3n) is 4.09. The van der Waals surface area contributed by atoms with Gasteiger partial charge in [-0.1, -0.05) is 0 Å². The van der Waals surface area contributed by atoms with Crippen molar-refractivity contribution >= 4 is 5.82 Å². The second-order valence-corrected chi connectivity index (χ2v) is 5.38. The van der Waals surface area contributed by atoms with Crippen LogP contribution >= 0.6 is 0 Å². The molecule has 3 rings (SSSR count). The molecule has 17 heavy (non-hydrogen) atoms. The molecule has 2 aliphatic heterocycles. The van der Waals surface area contributed by atoms with E-state index in [0.29, 0.717) is 11.5 Å². The van der Waals surface area contributed by atoms with Crippen molar-refractivity contribution in [2.45, 2.75) is 32.3 Å². The Morgan fingerprint density at radius 2 is 2.18 bits per heavy atom. The summed E-state index contributed by atoms with van der Waals surface area (Å²) < 4.78 is 5.74. The highest BCUT2D eigenvalue weighted by Crippen LogP contribution is 2.42. The molecule has 1 aromatic rings. The first-order valence-corrected chi connectivity index (χ1v) is 6.40. The molecule has 1 spiro atoms. The summed E-state index contributed by atoms with van der Waals surface area (Å²) in [5, 5.41) is 0. The second-order valence-electron chi connectivity index (χ2n) is 5.38. The number of piperidine rings is 1. The highest BCUT2D eigenvalue weighted by atomic mass is 16.5. The van der Waals surface area contributed by atoms with Gasteiger partial charge < -0.3 is 9.64 Å². The number of aromatic nitrogens is 2. The van der Waals surface area contributed by atoms with Gasteiger partial charge in [-0.15, -0.1) is 0 Å². The smallest absolute Gasteiger partial charge is 0.147 e. The van der Waals surface area contributed by atoms with E-state index in [1.165, 1.54) is 19.3 Å². The summed E-state index contributed by atoms with van der Waals surface area (Å²) in [4.78, 5) is 10.8. The van der Waals surface area contributed by atoms with E-state index < -0.39 is 0 Å². The first kappa shape index (κ1) is 11.0. The zero-order chi connectivity index (χ0) is 11.7. The van der Waals surface area contributed by atoms with Crippen LogP contribution in [0.4, 0.5) is 5.82 Å². The minimum absolute atomic E-state index is 0.443. The molecule has 0 N–H and O–H groups in total. The SMILES string of the molecule is C[C@H]1CC2(CCN(c3cnccn3)CC2)CO1. The van der Waals surface area contributed by atoms with Gasteiger partial charge in [-0.3, -0.25) is 4.98 Å². The topological polar surface area (TPSA) is 38.2 Å². The van der Waals surface area contributed by atoms with Gasteiger partial charge in [0.1, 0.15) is 5.82 Å². The molecular formula is C13H19N3O. The van der Waals surface area contributed by atoms with E-state index in [4.69, 9.17) is 4.74 Å². The van der Waals surface area contributed by atoms with E-state index in [0.717, 1.165) is 25.5 Å². The zero-order valence-corrected chi connectivity index (χ0v) is 10.3. The lowest BCUT2D eigenvalue weighted by atomic mass is 9.77. The Balaban J connectivity index is 1.65. The fourth-order valence-electron chi connectivity index (χ4n) is 3.06. The maximum Gasteiger partial charge on any atom is 0.147 e. The van der Waals surface area contributed by atoms with Crippen molar-refractivity contribution < 1.29 is 4.74 Å². The Hall–Kier alpha value is -1.16. The summed E-state index contributed by atoms with van der Waals surface area (Å²) in [6.45, 7) is 5.29. The number of anilines is 1. The van der Waals surface area contributed by atoms with Gasteiger partial charge in [-0.05, 0) is 31.6 Å². The van der Waals surface area contributed by atoms with Crippen LogP contribution in [0.15, 0.2) is 18.6 Å². The Morgan fingerprint density at radius 3 is 2.76 bits per heavy atom. The van der Waals surface area contributed by atoms with Gasteiger partial charge in [-0.25, -0.2) is 4.98 Å². The van der Waals surface area contributed by atoms with Crippen molar-refractivity contribution in [3.63, 3.8) is 0 Å². The predicted octanol–water partition coefficient (Wildman–Crippen LogP) is 1.87. The Labute approximate surface area is 102 Å². The molecule has 1 atom stereocenters. The van der Waals surface area contributed by atoms with Gasteiger partial charge in [0, 0.05) is 25.5 Å². The van der Waals surface area contributed by atoms with Crippen LogP contribution in [0.3, 0.4) is 0 Å². The maximum absolute atomic E-state index is 5.74. The molecule has 2 aliphatic rings. The molecule has 1 aromatic heterocycles. The van der Waals surface area contributed by atoms with Crippen molar-refractivity contribution in [2.24, 2.45) is 5.41 Å². The van der Waals surface area contributed by atoms with Crippen LogP contribution in [0.1, 0.15) is 26.2 Å². The van der Waals surface area contributed by atoms with E-state index >= 15 is 0 Å². The molecule has 0 amide bonds. The third kappa shape index (κ3) is 2.14. The lowest BCUT2D eigenvalue weighted by Gasteiger charge is -2.38. The van der Waals surface area contributed by atoms with Crippen LogP contribution in [0.5, 0.6) is 0 Å². The molecule has 0 radical (unpaired) electrons. The summed E-state index contributed by atoms with van der Waals surface area (Å²) in [7, 11) is 0. The quantitative estimate of drug-likeness (QED) is 0.742. The standard InChI is InChI=1S/C13H19N3O/c1-11-8-13(10-17-11)2-6-16(7-3-13)12-9-14-4-5-15-12/h4-5,9,11H,2-3,6-8,10H2,1H3/t11-/m0/s1. The molecule has 0 aromatic carbocycles. The first-order valence-electron chi connectivity index (χ1n) is 6.40. The molecule has 92 valence electrons. The average molecular weight is 233 g/mol. The van der Waals surface area contributed by atoms with Gasteiger partial charge in [0.25, 0.3) is 0 Å². The number of hydrogen-bond acceptors (Lipinski definition) is 4. The van der Waals surface area contributed by atoms with Gasteiger partial charge in [-0.2, -0.15) is 0 Å². The van der Waals surface area contributed by atoms with Crippen molar-refractivity contribution in [3.05, 3.63) is 18.6 Å². The molecule has 4 nitrogen and oxygen atoms in total. The van der Waals surface area contributed by atoms with E-state index in [-0.39, 0.29) is 0 Å². The Bertz CT molecular complexity index is 374. The van der Waals surface area contributed by atoms with Crippen LogP contribution in [0.25, 0.3) is 0 Å². The van der Waals surface area contributed by atoms with Gasteiger partial charge >= 0.3 is 0 Å². The number of rotatable bonds is 1. The maximum atomic E-state index is 5.74. The molecule has 3 heterocycles. The fourth-order valence-corrected chi connectivity index (χ4v) is 3.06. The van der Waals surface area contributed by atoms with Crippen molar-refractivity contribution in [3.8, 4) is 0 Å². The monoisotopic (exact) mass is 233 g/mol. The second kappa shape index (κ2) is 4.26. The minimum atomic E-state index is 0.443. The van der Waals surface area contributed by atoms with E-state index in [9.17, 15) is 0 Å². The normalized spacial score (nSPS) is 27.6. The lowest BCUT2D eigenvalue weighted by molar-refractivity contribution is 0.0976. The van der Waals surface area contributed by atoms with E-state index in [1.54, 1.807) is 12.4 Å². The average Bonchev–Trinajstić information content (AvgIpc) is 2.73. The molecule has 0 bridgehead atoms. The number of hydrogen-bond donors (Lipinski definition) is 0. The summed E-state index contributed by atoms with van der Waals surface area (Å²) in [5.74, 6) is 1.01. The van der Waals surface area contributed by atoms with Crippen LogP contribution in [0.2, 0.25) is 0 Å². The molecule has 2 fully saturated rings. The minimum Gasteiger partial charge on any atom is -0.378 e. The molecule has 2 saturated heterocycles. The highest BCUT2D eigenvalue weighted by Gasteiger charge is 2.41. The molecule has 0 aliphatic carbocycles. The highest BCUT2D eigenvalue weighted by molar-refractivity contribution is 5.35. The van der Waals surface area contributed by atoms with Crippen LogP contribution in [-0.2, 0) is 4.74 Å². The van der Waals surface area contributed by atoms with Gasteiger partial charge in [0.15, 0.2) is 0 Å². The van der Waals surface area contributed by atoms with Crippen molar-refractivity contribution in [1.82, 2.24) is 9.97 Å². The largest absolute Gasteiger partial charge is 0.378 e. The third-order valence-corrected chi connectivity index (χ3v) is 4.09. The van der Waals surface area contributed by atoms with Crippen LogP contribution < -0.4 is 4.90 Å².